The fourth-order valence-electron chi connectivity index (χ4n) is 2.17. The molecule has 4 nitrogen and oxygen atoms in total. The van der Waals surface area contributed by atoms with Crippen LogP contribution in [-0.2, 0) is 16.6 Å². The first-order valence-electron chi connectivity index (χ1n) is 5.87. The third-order valence-electron chi connectivity index (χ3n) is 2.89. The first-order chi connectivity index (χ1) is 8.45. The van der Waals surface area contributed by atoms with Gasteiger partial charge in [0.1, 0.15) is 0 Å². The van der Waals surface area contributed by atoms with E-state index in [1.807, 2.05) is 11.8 Å². The molecule has 2 heterocycles. The number of sulfonamides is 1. The number of hydrogen-bond acceptors (Lipinski definition) is 5. The van der Waals surface area contributed by atoms with E-state index in [0.717, 1.165) is 4.88 Å². The summed E-state index contributed by atoms with van der Waals surface area (Å²) in [7, 11) is -3.38. The lowest BCUT2D eigenvalue weighted by atomic mass is 10.4. The van der Waals surface area contributed by atoms with Crippen LogP contribution < -0.4 is 5.73 Å². The van der Waals surface area contributed by atoms with Crippen LogP contribution in [0, 0.1) is 0 Å². The number of rotatable bonds is 3. The number of nitrogens with two attached hydrogens (primary N) is 1. The molecule has 0 aromatic carbocycles. The molecule has 1 saturated heterocycles. The standard InChI is InChI=1S/C11H18N2O2S3/c1-8-6-13(7-9(2)17-8)18(14,15)11-3-4-16-10(11)5-12/h3-4,8-9H,5-7,12H2,1-2H3. The second-order valence-corrected chi connectivity index (χ2v) is 9.28. The molecule has 1 fully saturated rings. The predicted molar refractivity (Wildman–Crippen MR) is 77.5 cm³/mol. The Labute approximate surface area is 117 Å². The smallest absolute Gasteiger partial charge is 0.244 e. The van der Waals surface area contributed by atoms with Gasteiger partial charge in [0.05, 0.1) is 4.90 Å². The lowest BCUT2D eigenvalue weighted by Crippen LogP contribution is -2.44. The van der Waals surface area contributed by atoms with Crippen LogP contribution in [0.3, 0.4) is 0 Å². The third-order valence-corrected chi connectivity index (χ3v) is 7.11. The highest BCUT2D eigenvalue weighted by atomic mass is 32.2. The largest absolute Gasteiger partial charge is 0.326 e. The van der Waals surface area contributed by atoms with Gasteiger partial charge in [-0.05, 0) is 11.4 Å². The number of hydrogen-bond donors (Lipinski definition) is 1. The Morgan fingerprint density at radius 3 is 2.56 bits per heavy atom. The van der Waals surface area contributed by atoms with Gasteiger partial charge in [-0.2, -0.15) is 16.1 Å². The van der Waals surface area contributed by atoms with Crippen molar-refractivity contribution in [1.82, 2.24) is 4.31 Å². The van der Waals surface area contributed by atoms with Gasteiger partial charge in [0.2, 0.25) is 10.0 Å². The van der Waals surface area contributed by atoms with Crippen molar-refractivity contribution < 1.29 is 8.42 Å². The van der Waals surface area contributed by atoms with Crippen molar-refractivity contribution in [2.24, 2.45) is 5.73 Å². The summed E-state index contributed by atoms with van der Waals surface area (Å²) < 4.78 is 26.8. The van der Waals surface area contributed by atoms with Crippen LogP contribution >= 0.6 is 23.1 Å². The highest BCUT2D eigenvalue weighted by Crippen LogP contribution is 2.31. The van der Waals surface area contributed by atoms with Crippen molar-refractivity contribution in [2.75, 3.05) is 13.1 Å². The van der Waals surface area contributed by atoms with Gasteiger partial charge >= 0.3 is 0 Å². The number of thiophene rings is 1. The average Bonchev–Trinajstić information content (AvgIpc) is 2.76. The van der Waals surface area contributed by atoms with E-state index < -0.39 is 10.0 Å². The molecule has 0 saturated carbocycles. The summed E-state index contributed by atoms with van der Waals surface area (Å²) in [5.41, 5.74) is 5.60. The number of thioether (sulfide) groups is 1. The Kier molecular flexibility index (Phi) is 4.38. The zero-order chi connectivity index (χ0) is 13.3. The Morgan fingerprint density at radius 2 is 2.00 bits per heavy atom. The summed E-state index contributed by atoms with van der Waals surface area (Å²) in [4.78, 5) is 1.13. The molecule has 2 N–H and O–H groups in total. The van der Waals surface area contributed by atoms with Crippen LogP contribution in [0.25, 0.3) is 0 Å². The normalized spacial score (nSPS) is 26.4. The molecule has 0 bridgehead atoms. The number of nitrogens with zero attached hydrogens (tertiary/aromatic N) is 1. The molecule has 102 valence electrons. The van der Waals surface area contributed by atoms with Gasteiger partial charge in [-0.3, -0.25) is 0 Å². The Balaban J connectivity index is 2.31. The van der Waals surface area contributed by atoms with E-state index in [1.54, 1.807) is 15.8 Å². The SMILES string of the molecule is CC1CN(S(=O)(=O)c2ccsc2CN)CC(C)S1. The Bertz CT molecular complexity index is 502. The second-order valence-electron chi connectivity index (χ2n) is 4.49. The maximum absolute atomic E-state index is 12.6. The van der Waals surface area contributed by atoms with Gasteiger partial charge in [-0.25, -0.2) is 8.42 Å². The fraction of sp³-hybridized carbons (Fsp3) is 0.636. The van der Waals surface area contributed by atoms with Crippen LogP contribution in [0.15, 0.2) is 16.3 Å². The van der Waals surface area contributed by atoms with Crippen molar-refractivity contribution in [3.05, 3.63) is 16.3 Å². The maximum atomic E-state index is 12.6. The van der Waals surface area contributed by atoms with E-state index >= 15 is 0 Å². The van der Waals surface area contributed by atoms with E-state index in [1.165, 1.54) is 11.3 Å². The molecule has 18 heavy (non-hydrogen) atoms. The molecular weight excluding hydrogens is 288 g/mol. The van der Waals surface area contributed by atoms with Crippen molar-refractivity contribution >= 4 is 33.1 Å². The molecule has 2 unspecified atom stereocenters. The second kappa shape index (κ2) is 5.50. The zero-order valence-corrected chi connectivity index (χ0v) is 12.9. The minimum Gasteiger partial charge on any atom is -0.326 e. The quantitative estimate of drug-likeness (QED) is 0.923. The maximum Gasteiger partial charge on any atom is 0.244 e. The zero-order valence-electron chi connectivity index (χ0n) is 10.5. The molecule has 0 radical (unpaired) electrons. The summed E-state index contributed by atoms with van der Waals surface area (Å²) in [5, 5.41) is 2.47. The molecule has 1 aromatic rings. The van der Waals surface area contributed by atoms with Gasteiger partial charge < -0.3 is 5.73 Å². The monoisotopic (exact) mass is 306 g/mol. The van der Waals surface area contributed by atoms with Crippen LogP contribution in [0.4, 0.5) is 0 Å². The van der Waals surface area contributed by atoms with E-state index in [2.05, 4.69) is 13.8 Å². The molecule has 0 spiro atoms. The average molecular weight is 306 g/mol. The molecule has 1 aliphatic rings. The molecule has 1 aromatic heterocycles. The van der Waals surface area contributed by atoms with Gasteiger partial charge in [-0.1, -0.05) is 13.8 Å². The lowest BCUT2D eigenvalue weighted by Gasteiger charge is -2.33. The first-order valence-corrected chi connectivity index (χ1v) is 9.13. The van der Waals surface area contributed by atoms with Gasteiger partial charge in [0.25, 0.3) is 0 Å². The topological polar surface area (TPSA) is 63.4 Å². The van der Waals surface area contributed by atoms with Gasteiger partial charge in [0.15, 0.2) is 0 Å². The molecule has 2 atom stereocenters. The van der Waals surface area contributed by atoms with Crippen LogP contribution in [-0.4, -0.2) is 36.3 Å². The van der Waals surface area contributed by atoms with Crippen molar-refractivity contribution in [3.8, 4) is 0 Å². The molecular formula is C11H18N2O2S3. The van der Waals surface area contributed by atoms with E-state index in [0.29, 0.717) is 28.5 Å². The molecule has 0 amide bonds. The fourth-order valence-corrected chi connectivity index (χ4v) is 6.61. The lowest BCUT2D eigenvalue weighted by molar-refractivity contribution is 0.404. The molecule has 0 aliphatic carbocycles. The molecule has 7 heteroatoms. The van der Waals surface area contributed by atoms with E-state index in [-0.39, 0.29) is 6.54 Å². The molecule has 1 aliphatic heterocycles. The van der Waals surface area contributed by atoms with E-state index in [9.17, 15) is 8.42 Å². The van der Waals surface area contributed by atoms with Crippen molar-refractivity contribution in [1.29, 1.82) is 0 Å². The van der Waals surface area contributed by atoms with Crippen LogP contribution in [0.1, 0.15) is 18.7 Å². The van der Waals surface area contributed by atoms with Crippen molar-refractivity contribution in [2.45, 2.75) is 35.8 Å². The van der Waals surface area contributed by atoms with Crippen LogP contribution in [0.2, 0.25) is 0 Å². The summed E-state index contributed by atoms with van der Waals surface area (Å²) >= 11 is 3.25. The minimum absolute atomic E-state index is 0.278. The van der Waals surface area contributed by atoms with Gasteiger partial charge in [0, 0.05) is 35.0 Å². The third kappa shape index (κ3) is 2.75. The minimum atomic E-state index is -3.38. The Morgan fingerprint density at radius 1 is 1.39 bits per heavy atom. The summed E-state index contributed by atoms with van der Waals surface area (Å²) in [6.45, 7) is 5.58. The van der Waals surface area contributed by atoms with E-state index in [4.69, 9.17) is 5.73 Å². The van der Waals surface area contributed by atoms with Crippen LogP contribution in [0.5, 0.6) is 0 Å². The molecule has 2 rings (SSSR count). The summed E-state index contributed by atoms with van der Waals surface area (Å²) in [6, 6.07) is 1.67. The van der Waals surface area contributed by atoms with Crippen molar-refractivity contribution in [3.63, 3.8) is 0 Å². The Hall–Kier alpha value is -0.0800. The summed E-state index contributed by atoms with van der Waals surface area (Å²) in [5.74, 6) is 0. The van der Waals surface area contributed by atoms with Gasteiger partial charge in [-0.15, -0.1) is 11.3 Å². The predicted octanol–water partition coefficient (Wildman–Crippen LogP) is 1.72. The highest BCUT2D eigenvalue weighted by molar-refractivity contribution is 8.00. The highest BCUT2D eigenvalue weighted by Gasteiger charge is 2.33. The first kappa shape index (κ1) is 14.3. The summed E-state index contributed by atoms with van der Waals surface area (Å²) in [6.07, 6.45) is 0.